The largest absolute Gasteiger partial charge is 0.478 e. The van der Waals surface area contributed by atoms with E-state index in [9.17, 15) is 22.0 Å². The maximum absolute atomic E-state index is 13.2. The second-order valence-electron chi connectivity index (χ2n) is 3.00. The van der Waals surface area contributed by atoms with Crippen molar-refractivity contribution in [1.82, 2.24) is 0 Å². The van der Waals surface area contributed by atoms with Crippen molar-refractivity contribution in [1.29, 1.82) is 0 Å². The number of hydrogen-bond donors (Lipinski definition) is 1. The lowest BCUT2D eigenvalue weighted by Crippen LogP contribution is -2.20. The number of rotatable bonds is 3. The van der Waals surface area contributed by atoms with Gasteiger partial charge in [0.25, 0.3) is 0 Å². The van der Waals surface area contributed by atoms with Gasteiger partial charge in [0.05, 0.1) is 6.21 Å². The Labute approximate surface area is 92.7 Å². The highest BCUT2D eigenvalue weighted by Crippen LogP contribution is 2.25. The molecule has 0 aromatic heterocycles. The molecule has 0 heterocycles. The smallest absolute Gasteiger partial charge is 0.422 e. The molecule has 0 aliphatic heterocycles. The van der Waals surface area contributed by atoms with Crippen LogP contribution in [0.5, 0.6) is 5.75 Å². The summed E-state index contributed by atoms with van der Waals surface area (Å²) < 4.78 is 65.8. The minimum atomic E-state index is -4.67. The minimum absolute atomic E-state index is 0.0261. The number of ether oxygens (including phenoxy) is 1. The van der Waals surface area contributed by atoms with Crippen LogP contribution in [0.4, 0.5) is 22.0 Å². The Hall–Kier alpha value is -1.86. The van der Waals surface area contributed by atoms with Gasteiger partial charge in [0.2, 0.25) is 0 Å². The Morgan fingerprint density at radius 3 is 2.18 bits per heavy atom. The van der Waals surface area contributed by atoms with E-state index in [0.717, 1.165) is 18.3 Å². The van der Waals surface area contributed by atoms with Crippen molar-refractivity contribution in [2.75, 3.05) is 6.61 Å². The van der Waals surface area contributed by atoms with Crippen LogP contribution in [0, 0.1) is 11.6 Å². The van der Waals surface area contributed by atoms with Gasteiger partial charge in [-0.3, -0.25) is 0 Å². The molecule has 0 saturated heterocycles. The van der Waals surface area contributed by atoms with Crippen molar-refractivity contribution in [3.05, 3.63) is 29.3 Å². The molecule has 0 radical (unpaired) electrons. The zero-order chi connectivity index (χ0) is 13.1. The van der Waals surface area contributed by atoms with Crippen molar-refractivity contribution in [2.24, 2.45) is 10.9 Å². The fourth-order valence-electron chi connectivity index (χ4n) is 1.03. The van der Waals surface area contributed by atoms with Crippen molar-refractivity contribution >= 4 is 6.21 Å². The van der Waals surface area contributed by atoms with E-state index in [1.54, 1.807) is 0 Å². The summed E-state index contributed by atoms with van der Waals surface area (Å²) in [5.41, 5.74) is -0.0261. The Morgan fingerprint density at radius 1 is 1.24 bits per heavy atom. The van der Waals surface area contributed by atoms with Crippen LogP contribution in [0.25, 0.3) is 0 Å². The fourth-order valence-corrected chi connectivity index (χ4v) is 1.03. The molecular formula is C9H7F5N2O. The van der Waals surface area contributed by atoms with Gasteiger partial charge in [-0.15, -0.1) is 0 Å². The van der Waals surface area contributed by atoms with Crippen LogP contribution in [0.1, 0.15) is 5.56 Å². The maximum atomic E-state index is 13.2. The quantitative estimate of drug-likeness (QED) is 0.389. The Bertz CT molecular complexity index is 407. The first-order chi connectivity index (χ1) is 7.83. The van der Waals surface area contributed by atoms with Crippen LogP contribution in [-0.2, 0) is 0 Å². The summed E-state index contributed by atoms with van der Waals surface area (Å²) in [4.78, 5) is 0. The fraction of sp³-hybridized carbons (Fsp3) is 0.222. The summed E-state index contributed by atoms with van der Waals surface area (Å²) in [5.74, 6) is 1.15. The SMILES string of the molecule is NN=Cc1cc(F)c(OCC(F)(F)F)c(F)c1. The third kappa shape index (κ3) is 3.89. The molecule has 0 atom stereocenters. The van der Waals surface area contributed by atoms with Crippen molar-refractivity contribution in [2.45, 2.75) is 6.18 Å². The monoisotopic (exact) mass is 254 g/mol. The molecule has 0 spiro atoms. The molecule has 0 fully saturated rings. The van der Waals surface area contributed by atoms with E-state index >= 15 is 0 Å². The lowest BCUT2D eigenvalue weighted by molar-refractivity contribution is -0.154. The minimum Gasteiger partial charge on any atom is -0.478 e. The van der Waals surface area contributed by atoms with Gasteiger partial charge in [-0.1, -0.05) is 0 Å². The van der Waals surface area contributed by atoms with Gasteiger partial charge in [-0.25, -0.2) is 8.78 Å². The van der Waals surface area contributed by atoms with E-state index < -0.39 is 30.2 Å². The molecule has 0 bridgehead atoms. The number of hydrazone groups is 1. The number of nitrogens with two attached hydrogens (primary N) is 1. The number of nitrogens with zero attached hydrogens (tertiary/aromatic N) is 1. The van der Waals surface area contributed by atoms with Gasteiger partial charge in [0.15, 0.2) is 24.0 Å². The summed E-state index contributed by atoms with van der Waals surface area (Å²) in [7, 11) is 0. The lowest BCUT2D eigenvalue weighted by Gasteiger charge is -2.10. The van der Waals surface area contributed by atoms with E-state index in [-0.39, 0.29) is 5.56 Å². The zero-order valence-corrected chi connectivity index (χ0v) is 8.26. The first-order valence-corrected chi connectivity index (χ1v) is 4.25. The molecule has 1 aromatic rings. The van der Waals surface area contributed by atoms with Crippen LogP contribution in [0.3, 0.4) is 0 Å². The predicted octanol–water partition coefficient (Wildman–Crippen LogP) is 2.20. The predicted molar refractivity (Wildman–Crippen MR) is 49.7 cm³/mol. The molecule has 0 unspecified atom stereocenters. The van der Waals surface area contributed by atoms with Crippen molar-refractivity contribution in [3.63, 3.8) is 0 Å². The maximum Gasteiger partial charge on any atom is 0.422 e. The van der Waals surface area contributed by atoms with E-state index in [1.165, 1.54) is 0 Å². The molecule has 94 valence electrons. The van der Waals surface area contributed by atoms with E-state index in [4.69, 9.17) is 5.84 Å². The van der Waals surface area contributed by atoms with Crippen molar-refractivity contribution < 1.29 is 26.7 Å². The van der Waals surface area contributed by atoms with Crippen LogP contribution >= 0.6 is 0 Å². The van der Waals surface area contributed by atoms with Crippen LogP contribution in [0.15, 0.2) is 17.2 Å². The average molecular weight is 254 g/mol. The highest BCUT2D eigenvalue weighted by Gasteiger charge is 2.29. The molecule has 1 aromatic carbocycles. The molecular weight excluding hydrogens is 247 g/mol. The van der Waals surface area contributed by atoms with Gasteiger partial charge in [0.1, 0.15) is 0 Å². The lowest BCUT2D eigenvalue weighted by atomic mass is 10.2. The summed E-state index contributed by atoms with van der Waals surface area (Å²) >= 11 is 0. The van der Waals surface area contributed by atoms with Gasteiger partial charge < -0.3 is 10.6 Å². The summed E-state index contributed by atoms with van der Waals surface area (Å²) in [6, 6.07) is 1.51. The van der Waals surface area contributed by atoms with Gasteiger partial charge in [-0.05, 0) is 12.1 Å². The normalized spacial score (nSPS) is 12.1. The first kappa shape index (κ1) is 13.2. The summed E-state index contributed by atoms with van der Waals surface area (Å²) in [5, 5.41) is 3.02. The first-order valence-electron chi connectivity index (χ1n) is 4.25. The Morgan fingerprint density at radius 2 is 1.76 bits per heavy atom. The molecule has 0 aliphatic rings. The number of hydrogen-bond acceptors (Lipinski definition) is 3. The highest BCUT2D eigenvalue weighted by molar-refractivity contribution is 5.79. The molecule has 1 rings (SSSR count). The van der Waals surface area contributed by atoms with Crippen molar-refractivity contribution in [3.8, 4) is 5.75 Å². The number of benzene rings is 1. The molecule has 0 amide bonds. The van der Waals surface area contributed by atoms with Crippen LogP contribution in [-0.4, -0.2) is 19.0 Å². The summed E-state index contributed by atoms with van der Waals surface area (Å²) in [6.07, 6.45) is -3.73. The number of halogens is 5. The molecule has 0 aliphatic carbocycles. The molecule has 8 heteroatoms. The summed E-state index contributed by atoms with van der Waals surface area (Å²) in [6.45, 7) is -1.77. The Balaban J connectivity index is 2.94. The third-order valence-electron chi connectivity index (χ3n) is 1.62. The third-order valence-corrected chi connectivity index (χ3v) is 1.62. The Kier molecular flexibility index (Phi) is 3.87. The second kappa shape index (κ2) is 4.98. The topological polar surface area (TPSA) is 47.6 Å². The van der Waals surface area contributed by atoms with E-state index in [0.29, 0.717) is 0 Å². The van der Waals surface area contributed by atoms with E-state index in [1.807, 2.05) is 0 Å². The van der Waals surface area contributed by atoms with Gasteiger partial charge in [0, 0.05) is 5.56 Å². The molecule has 2 N–H and O–H groups in total. The standard InChI is InChI=1S/C9H7F5N2O/c10-6-1-5(3-16-15)2-7(11)8(6)17-4-9(12,13)14/h1-3H,4,15H2. The second-order valence-corrected chi connectivity index (χ2v) is 3.00. The van der Waals surface area contributed by atoms with Crippen LogP contribution in [0.2, 0.25) is 0 Å². The molecule has 0 saturated carbocycles. The van der Waals surface area contributed by atoms with Crippen LogP contribution < -0.4 is 10.6 Å². The average Bonchev–Trinajstić information content (AvgIpc) is 2.14. The molecule has 3 nitrogen and oxygen atoms in total. The molecule has 17 heavy (non-hydrogen) atoms. The zero-order valence-electron chi connectivity index (χ0n) is 8.26. The van der Waals surface area contributed by atoms with E-state index in [2.05, 4.69) is 9.84 Å². The van der Waals surface area contributed by atoms with Gasteiger partial charge >= 0.3 is 6.18 Å². The highest BCUT2D eigenvalue weighted by atomic mass is 19.4. The van der Waals surface area contributed by atoms with Gasteiger partial charge in [-0.2, -0.15) is 18.3 Å². The number of alkyl halides is 3.